The molecule has 0 aromatic heterocycles. The van der Waals surface area contributed by atoms with E-state index in [-0.39, 0.29) is 11.3 Å². The van der Waals surface area contributed by atoms with Crippen LogP contribution in [-0.4, -0.2) is 18.9 Å². The summed E-state index contributed by atoms with van der Waals surface area (Å²) in [6.45, 7) is 1.90. The highest BCUT2D eigenvalue weighted by molar-refractivity contribution is 6.47. The van der Waals surface area contributed by atoms with Crippen molar-refractivity contribution in [3.8, 4) is 5.75 Å². The van der Waals surface area contributed by atoms with Crippen molar-refractivity contribution in [3.05, 3.63) is 107 Å². The number of hydrogen-bond donors (Lipinski definition) is 1. The number of methoxy groups -OCH3 is 1. The molecule has 34 heavy (non-hydrogen) atoms. The number of nitrogens with one attached hydrogen (secondary N) is 1. The molecule has 0 saturated heterocycles. The Labute approximate surface area is 202 Å². The number of ether oxygens (including phenoxy) is 1. The number of para-hydroxylation sites is 1. The van der Waals surface area contributed by atoms with Crippen LogP contribution in [0.4, 0.5) is 11.4 Å². The molecule has 0 atom stereocenters. The van der Waals surface area contributed by atoms with E-state index in [2.05, 4.69) is 5.32 Å². The van der Waals surface area contributed by atoms with Gasteiger partial charge in [0.15, 0.2) is 0 Å². The summed E-state index contributed by atoms with van der Waals surface area (Å²) in [4.78, 5) is 28.9. The smallest absolute Gasteiger partial charge is 0.282 e. The van der Waals surface area contributed by atoms with Gasteiger partial charge in [0.25, 0.3) is 11.8 Å². The van der Waals surface area contributed by atoms with E-state index in [0.29, 0.717) is 27.7 Å². The van der Waals surface area contributed by atoms with Crippen molar-refractivity contribution >= 4 is 51.1 Å². The van der Waals surface area contributed by atoms with Gasteiger partial charge in [-0.05, 0) is 42.1 Å². The number of anilines is 2. The topological polar surface area (TPSA) is 58.6 Å². The van der Waals surface area contributed by atoms with E-state index in [1.54, 1.807) is 24.3 Å². The number of nitrogens with zero attached hydrogens (tertiary/aromatic N) is 1. The monoisotopic (exact) mass is 468 g/mol. The van der Waals surface area contributed by atoms with Gasteiger partial charge < -0.3 is 10.1 Å². The molecular weight excluding hydrogens is 448 g/mol. The summed E-state index contributed by atoms with van der Waals surface area (Å²) in [5.41, 5.74) is 3.00. The van der Waals surface area contributed by atoms with Gasteiger partial charge in [-0.25, -0.2) is 4.90 Å². The van der Waals surface area contributed by atoms with Crippen LogP contribution >= 0.6 is 11.6 Å². The first-order valence-corrected chi connectivity index (χ1v) is 11.1. The molecule has 0 unspecified atom stereocenters. The first kappa shape index (κ1) is 21.7. The maximum Gasteiger partial charge on any atom is 0.282 e. The van der Waals surface area contributed by atoms with E-state index in [1.807, 2.05) is 67.6 Å². The average molecular weight is 469 g/mol. The van der Waals surface area contributed by atoms with Crippen molar-refractivity contribution in [2.45, 2.75) is 6.92 Å². The normalized spacial score (nSPS) is 13.7. The zero-order valence-corrected chi connectivity index (χ0v) is 19.4. The molecule has 2 amide bonds. The van der Waals surface area contributed by atoms with E-state index in [0.717, 1.165) is 16.3 Å². The molecule has 0 spiro atoms. The second-order valence-corrected chi connectivity index (χ2v) is 8.39. The third-order valence-corrected chi connectivity index (χ3v) is 6.32. The Balaban J connectivity index is 1.69. The van der Waals surface area contributed by atoms with E-state index < -0.39 is 11.8 Å². The fourth-order valence-electron chi connectivity index (χ4n) is 4.18. The Morgan fingerprint density at radius 3 is 2.38 bits per heavy atom. The maximum atomic E-state index is 13.9. The lowest BCUT2D eigenvalue weighted by molar-refractivity contribution is -0.120. The minimum Gasteiger partial charge on any atom is -0.496 e. The molecule has 5 rings (SSSR count). The van der Waals surface area contributed by atoms with Gasteiger partial charge in [-0.3, -0.25) is 9.59 Å². The number of carbonyl (C=O) groups excluding carboxylic acids is 2. The molecule has 1 aliphatic heterocycles. The van der Waals surface area contributed by atoms with Crippen LogP contribution in [0.2, 0.25) is 5.02 Å². The fraction of sp³-hybridized carbons (Fsp3) is 0.0714. The van der Waals surface area contributed by atoms with Gasteiger partial charge in [-0.15, -0.1) is 0 Å². The second kappa shape index (κ2) is 8.69. The van der Waals surface area contributed by atoms with Crippen LogP contribution in [0.15, 0.2) is 90.6 Å². The lowest BCUT2D eigenvalue weighted by Crippen LogP contribution is -2.32. The molecule has 1 aliphatic rings. The highest BCUT2D eigenvalue weighted by Gasteiger charge is 2.41. The summed E-state index contributed by atoms with van der Waals surface area (Å²) in [7, 11) is 1.54. The number of hydrogen-bond acceptors (Lipinski definition) is 4. The molecule has 0 fully saturated rings. The van der Waals surface area contributed by atoms with Crippen molar-refractivity contribution in [2.24, 2.45) is 0 Å². The molecule has 5 nitrogen and oxygen atoms in total. The molecule has 168 valence electrons. The Kier molecular flexibility index (Phi) is 5.56. The van der Waals surface area contributed by atoms with Crippen molar-refractivity contribution in [1.29, 1.82) is 0 Å². The molecule has 1 N–H and O–H groups in total. The first-order chi connectivity index (χ1) is 16.5. The zero-order valence-electron chi connectivity index (χ0n) is 18.6. The number of rotatable bonds is 5. The van der Waals surface area contributed by atoms with E-state index in [1.165, 1.54) is 12.0 Å². The Morgan fingerprint density at radius 1 is 0.853 bits per heavy atom. The van der Waals surface area contributed by atoms with Crippen molar-refractivity contribution < 1.29 is 14.3 Å². The van der Waals surface area contributed by atoms with Crippen LogP contribution in [0.1, 0.15) is 11.1 Å². The van der Waals surface area contributed by atoms with Gasteiger partial charge in [-0.1, -0.05) is 72.3 Å². The number of benzene rings is 4. The van der Waals surface area contributed by atoms with E-state index >= 15 is 0 Å². The van der Waals surface area contributed by atoms with Gasteiger partial charge in [0.05, 0.1) is 18.4 Å². The van der Waals surface area contributed by atoms with Crippen LogP contribution in [0.3, 0.4) is 0 Å². The van der Waals surface area contributed by atoms with Crippen LogP contribution in [0.5, 0.6) is 5.75 Å². The van der Waals surface area contributed by atoms with E-state index in [9.17, 15) is 9.59 Å². The fourth-order valence-corrected chi connectivity index (χ4v) is 4.36. The lowest BCUT2D eigenvalue weighted by Gasteiger charge is -2.18. The van der Waals surface area contributed by atoms with Gasteiger partial charge in [0, 0.05) is 21.7 Å². The molecule has 4 aromatic rings. The van der Waals surface area contributed by atoms with Crippen LogP contribution in [-0.2, 0) is 9.59 Å². The molecule has 1 heterocycles. The van der Waals surface area contributed by atoms with E-state index in [4.69, 9.17) is 16.3 Å². The zero-order chi connectivity index (χ0) is 23.8. The average Bonchev–Trinajstić information content (AvgIpc) is 3.09. The van der Waals surface area contributed by atoms with Crippen LogP contribution in [0.25, 0.3) is 16.3 Å². The molecule has 0 saturated carbocycles. The summed E-state index contributed by atoms with van der Waals surface area (Å²) in [6, 6.07) is 25.8. The van der Waals surface area contributed by atoms with Crippen molar-refractivity contribution in [3.63, 3.8) is 0 Å². The van der Waals surface area contributed by atoms with Crippen molar-refractivity contribution in [2.75, 3.05) is 17.3 Å². The largest absolute Gasteiger partial charge is 0.496 e. The third-order valence-electron chi connectivity index (χ3n) is 5.91. The number of amides is 2. The summed E-state index contributed by atoms with van der Waals surface area (Å²) >= 11 is 6.32. The number of fused-ring (bicyclic) bond motifs is 1. The van der Waals surface area contributed by atoms with Crippen molar-refractivity contribution in [1.82, 2.24) is 0 Å². The molecular formula is C28H21ClN2O3. The Hall–Kier alpha value is -4.09. The molecule has 0 radical (unpaired) electrons. The Morgan fingerprint density at radius 2 is 1.59 bits per heavy atom. The first-order valence-electron chi connectivity index (χ1n) is 10.8. The number of aryl methyl sites for hydroxylation is 1. The van der Waals surface area contributed by atoms with Crippen LogP contribution in [0, 0.1) is 6.92 Å². The predicted molar refractivity (Wildman–Crippen MR) is 136 cm³/mol. The molecule has 0 bridgehead atoms. The van der Waals surface area contributed by atoms with Crippen LogP contribution < -0.4 is 15.0 Å². The summed E-state index contributed by atoms with van der Waals surface area (Å²) in [6.07, 6.45) is 0. The van der Waals surface area contributed by atoms with Gasteiger partial charge in [0.2, 0.25) is 0 Å². The van der Waals surface area contributed by atoms with Gasteiger partial charge in [-0.2, -0.15) is 0 Å². The highest BCUT2D eigenvalue weighted by atomic mass is 35.5. The quantitative estimate of drug-likeness (QED) is 0.354. The summed E-state index contributed by atoms with van der Waals surface area (Å²) < 4.78 is 5.52. The highest BCUT2D eigenvalue weighted by Crippen LogP contribution is 2.39. The third kappa shape index (κ3) is 3.60. The standard InChI is InChI=1S/C28H21ClN2O3/c1-17-14-15-19(16-22(17)29)30-26-25(21-11-5-6-13-24(21)34-2)27(32)31(28(26)33)23-12-7-9-18-8-3-4-10-20(18)23/h3-16,30H,1-2H3. The maximum absolute atomic E-state index is 13.9. The number of imide groups is 1. The molecule has 4 aromatic carbocycles. The number of carbonyl (C=O) groups is 2. The summed E-state index contributed by atoms with van der Waals surface area (Å²) in [5.74, 6) is -0.370. The van der Waals surface area contributed by atoms with Gasteiger partial charge in [0.1, 0.15) is 11.4 Å². The summed E-state index contributed by atoms with van der Waals surface area (Å²) in [5, 5.41) is 5.47. The molecule has 0 aliphatic carbocycles. The second-order valence-electron chi connectivity index (χ2n) is 7.98. The minimum atomic E-state index is -0.445. The minimum absolute atomic E-state index is 0.169. The molecule has 6 heteroatoms. The van der Waals surface area contributed by atoms with Gasteiger partial charge >= 0.3 is 0 Å². The predicted octanol–water partition coefficient (Wildman–Crippen LogP) is 6.21. The Bertz CT molecular complexity index is 1490. The number of halogens is 1. The lowest BCUT2D eigenvalue weighted by atomic mass is 10.0. The SMILES string of the molecule is COc1ccccc1C1=C(Nc2ccc(C)c(Cl)c2)C(=O)N(c2cccc3ccccc23)C1=O.